The first-order valence-corrected chi connectivity index (χ1v) is 9.26. The van der Waals surface area contributed by atoms with Gasteiger partial charge in [-0.15, -0.1) is 11.3 Å². The molecule has 6 nitrogen and oxygen atoms in total. The second-order valence-electron chi connectivity index (χ2n) is 6.37. The van der Waals surface area contributed by atoms with Crippen LogP contribution in [-0.2, 0) is 4.79 Å². The molecule has 132 valence electrons. The number of hydrazine groups is 1. The molecule has 7 heteroatoms. The molecule has 3 unspecified atom stereocenters. The van der Waals surface area contributed by atoms with Crippen LogP contribution in [0.25, 0.3) is 0 Å². The maximum Gasteiger partial charge on any atom is 0.267 e. The predicted molar refractivity (Wildman–Crippen MR) is 95.7 cm³/mol. The summed E-state index contributed by atoms with van der Waals surface area (Å²) < 4.78 is 11.5. The van der Waals surface area contributed by atoms with Gasteiger partial charge in [0.15, 0.2) is 11.5 Å². The Hall–Kier alpha value is -2.09. The molecular weight excluding hydrogens is 338 g/mol. The molecule has 4 rings (SSSR count). The van der Waals surface area contributed by atoms with Gasteiger partial charge in [0.2, 0.25) is 6.10 Å². The SMILES string of the molecule is CN(CC1CC(c2cccs2)NN1)C(=O)C1COc2ccccc2O1. The third-order valence-electron chi connectivity index (χ3n) is 4.52. The molecule has 0 radical (unpaired) electrons. The number of fused-ring (bicyclic) bond motifs is 1. The standard InChI is InChI=1S/C18H21N3O3S/c1-21(10-12-9-13(20-19-12)17-7-4-8-25-17)18(22)16-11-23-14-5-2-3-6-15(14)24-16/h2-8,12-13,16,19-20H,9-11H2,1H3. The Bertz CT molecular complexity index is 737. The maximum atomic E-state index is 12.7. The summed E-state index contributed by atoms with van der Waals surface area (Å²) in [5.41, 5.74) is 6.60. The van der Waals surface area contributed by atoms with Crippen LogP contribution in [0.4, 0.5) is 0 Å². The average molecular weight is 359 g/mol. The van der Waals surface area contributed by atoms with Crippen LogP contribution >= 0.6 is 11.3 Å². The first-order chi connectivity index (χ1) is 12.2. The molecule has 2 aliphatic rings. The molecular formula is C18H21N3O3S. The van der Waals surface area contributed by atoms with E-state index < -0.39 is 6.10 Å². The second kappa shape index (κ2) is 7.03. The highest BCUT2D eigenvalue weighted by Gasteiger charge is 2.32. The second-order valence-corrected chi connectivity index (χ2v) is 7.35. The third-order valence-corrected chi connectivity index (χ3v) is 5.51. The van der Waals surface area contributed by atoms with Crippen molar-refractivity contribution in [3.8, 4) is 11.5 Å². The number of para-hydroxylation sites is 2. The molecule has 0 saturated carbocycles. The summed E-state index contributed by atoms with van der Waals surface area (Å²) in [5, 5.41) is 2.08. The maximum absolute atomic E-state index is 12.7. The van der Waals surface area contributed by atoms with Gasteiger partial charge in [-0.05, 0) is 30.0 Å². The number of rotatable bonds is 4. The van der Waals surface area contributed by atoms with Crippen LogP contribution in [0, 0.1) is 0 Å². The smallest absolute Gasteiger partial charge is 0.267 e. The summed E-state index contributed by atoms with van der Waals surface area (Å²) in [6.45, 7) is 0.865. The zero-order valence-electron chi connectivity index (χ0n) is 14.0. The van der Waals surface area contributed by atoms with Crippen molar-refractivity contribution in [3.05, 3.63) is 46.7 Å². The van der Waals surface area contributed by atoms with E-state index in [0.29, 0.717) is 24.1 Å². The third kappa shape index (κ3) is 3.49. The van der Waals surface area contributed by atoms with Gasteiger partial charge in [0, 0.05) is 24.5 Å². The molecule has 2 aliphatic heterocycles. The van der Waals surface area contributed by atoms with E-state index in [0.717, 1.165) is 6.42 Å². The van der Waals surface area contributed by atoms with Crippen LogP contribution in [0.2, 0.25) is 0 Å². The van der Waals surface area contributed by atoms with Gasteiger partial charge in [-0.1, -0.05) is 18.2 Å². The van der Waals surface area contributed by atoms with Gasteiger partial charge in [-0.25, -0.2) is 5.43 Å². The molecule has 2 N–H and O–H groups in total. The number of thiophene rings is 1. The Morgan fingerprint density at radius 2 is 2.08 bits per heavy atom. The number of ether oxygens (including phenoxy) is 2. The quantitative estimate of drug-likeness (QED) is 0.874. The summed E-state index contributed by atoms with van der Waals surface area (Å²) >= 11 is 1.74. The van der Waals surface area contributed by atoms with E-state index >= 15 is 0 Å². The minimum Gasteiger partial charge on any atom is -0.485 e. The fraction of sp³-hybridized carbons (Fsp3) is 0.389. The van der Waals surface area contributed by atoms with Gasteiger partial charge >= 0.3 is 0 Å². The summed E-state index contributed by atoms with van der Waals surface area (Å²) in [6, 6.07) is 12.1. The summed E-state index contributed by atoms with van der Waals surface area (Å²) in [4.78, 5) is 15.7. The van der Waals surface area contributed by atoms with Crippen molar-refractivity contribution in [2.75, 3.05) is 20.2 Å². The van der Waals surface area contributed by atoms with Crippen molar-refractivity contribution in [2.24, 2.45) is 0 Å². The van der Waals surface area contributed by atoms with Gasteiger partial charge in [0.05, 0.1) is 6.04 Å². The van der Waals surface area contributed by atoms with Gasteiger partial charge in [-0.3, -0.25) is 10.2 Å². The molecule has 25 heavy (non-hydrogen) atoms. The van der Waals surface area contributed by atoms with E-state index in [4.69, 9.17) is 9.47 Å². The predicted octanol–water partition coefficient (Wildman–Crippen LogP) is 1.95. The number of nitrogens with zero attached hydrogens (tertiary/aromatic N) is 1. The monoisotopic (exact) mass is 359 g/mol. The first kappa shape index (κ1) is 16.4. The average Bonchev–Trinajstić information content (AvgIpc) is 3.32. The molecule has 0 aliphatic carbocycles. The Kier molecular flexibility index (Phi) is 4.61. The van der Waals surface area contributed by atoms with Crippen LogP contribution in [0.15, 0.2) is 41.8 Å². The van der Waals surface area contributed by atoms with Crippen molar-refractivity contribution in [3.63, 3.8) is 0 Å². The highest BCUT2D eigenvalue weighted by Crippen LogP contribution is 2.31. The summed E-state index contributed by atoms with van der Waals surface area (Å²) in [6.07, 6.45) is 0.352. The topological polar surface area (TPSA) is 62.8 Å². The van der Waals surface area contributed by atoms with Gasteiger partial charge in [-0.2, -0.15) is 0 Å². The molecule has 3 atom stereocenters. The van der Waals surface area contributed by atoms with E-state index in [1.54, 1.807) is 16.2 Å². The minimum atomic E-state index is -0.595. The lowest BCUT2D eigenvalue weighted by atomic mass is 10.1. The molecule has 1 aromatic heterocycles. The van der Waals surface area contributed by atoms with Crippen molar-refractivity contribution in [1.29, 1.82) is 0 Å². The van der Waals surface area contributed by atoms with Crippen LogP contribution in [0.5, 0.6) is 11.5 Å². The number of amides is 1. The fourth-order valence-electron chi connectivity index (χ4n) is 3.23. The Balaban J connectivity index is 1.33. The lowest BCUT2D eigenvalue weighted by Gasteiger charge is -2.29. The number of benzene rings is 1. The van der Waals surface area contributed by atoms with Crippen molar-refractivity contribution in [1.82, 2.24) is 15.8 Å². The van der Waals surface area contributed by atoms with Crippen LogP contribution in [0.3, 0.4) is 0 Å². The molecule has 1 saturated heterocycles. The zero-order chi connectivity index (χ0) is 17.2. The number of hydrogen-bond donors (Lipinski definition) is 2. The zero-order valence-corrected chi connectivity index (χ0v) is 14.8. The van der Waals surface area contributed by atoms with Crippen LogP contribution in [0.1, 0.15) is 17.3 Å². The largest absolute Gasteiger partial charge is 0.485 e. The van der Waals surface area contributed by atoms with Gasteiger partial charge < -0.3 is 14.4 Å². The number of carbonyl (C=O) groups is 1. The van der Waals surface area contributed by atoms with Crippen molar-refractivity contribution in [2.45, 2.75) is 24.6 Å². The molecule has 3 heterocycles. The van der Waals surface area contributed by atoms with Crippen LogP contribution in [-0.4, -0.2) is 43.2 Å². The van der Waals surface area contributed by atoms with E-state index in [-0.39, 0.29) is 18.6 Å². The molecule has 2 aromatic rings. The number of nitrogens with one attached hydrogen (secondary N) is 2. The Morgan fingerprint density at radius 3 is 2.88 bits per heavy atom. The van der Waals surface area contributed by atoms with Crippen LogP contribution < -0.4 is 20.3 Å². The number of likely N-dealkylation sites (N-methyl/N-ethyl adjacent to an activating group) is 1. The minimum absolute atomic E-state index is 0.0594. The van der Waals surface area contributed by atoms with Gasteiger partial charge in [0.1, 0.15) is 6.61 Å². The molecule has 1 aromatic carbocycles. The summed E-state index contributed by atoms with van der Waals surface area (Å²) in [7, 11) is 1.81. The number of hydrogen-bond acceptors (Lipinski definition) is 6. The Labute approximate surface area is 150 Å². The molecule has 1 fully saturated rings. The van der Waals surface area contributed by atoms with Crippen molar-refractivity contribution >= 4 is 17.2 Å². The summed E-state index contributed by atoms with van der Waals surface area (Å²) in [5.74, 6) is 1.25. The number of carbonyl (C=O) groups excluding carboxylic acids is 1. The molecule has 0 spiro atoms. The van der Waals surface area contributed by atoms with E-state index in [1.807, 2.05) is 31.3 Å². The van der Waals surface area contributed by atoms with Crippen molar-refractivity contribution < 1.29 is 14.3 Å². The Morgan fingerprint density at radius 1 is 1.24 bits per heavy atom. The highest BCUT2D eigenvalue weighted by molar-refractivity contribution is 7.10. The highest BCUT2D eigenvalue weighted by atomic mass is 32.1. The normalized spacial score (nSPS) is 24.9. The van der Waals surface area contributed by atoms with E-state index in [9.17, 15) is 4.79 Å². The lowest BCUT2D eigenvalue weighted by Crippen LogP contribution is -2.48. The molecule has 0 bridgehead atoms. The van der Waals surface area contributed by atoms with E-state index in [2.05, 4.69) is 28.4 Å². The van der Waals surface area contributed by atoms with E-state index in [1.165, 1.54) is 4.88 Å². The first-order valence-electron chi connectivity index (χ1n) is 8.38. The fourth-order valence-corrected chi connectivity index (χ4v) is 4.02. The molecule has 1 amide bonds. The lowest BCUT2D eigenvalue weighted by molar-refractivity contribution is -0.140. The van der Waals surface area contributed by atoms with Gasteiger partial charge in [0.25, 0.3) is 5.91 Å².